The fraction of sp³-hybridized carbons (Fsp3) is 0.545. The first-order valence-electron chi connectivity index (χ1n) is 14.2. The van der Waals surface area contributed by atoms with Gasteiger partial charge in [-0.25, -0.2) is 0 Å². The summed E-state index contributed by atoms with van der Waals surface area (Å²) in [5, 5.41) is 11.6. The molecule has 4 bridgehead atoms. The molecule has 7 rings (SSSR count). The molecule has 1 aromatic carbocycles. The molecule has 3 aliphatic carbocycles. The Hall–Kier alpha value is -3.19. The van der Waals surface area contributed by atoms with Crippen LogP contribution in [-0.4, -0.2) is 45.4 Å². The van der Waals surface area contributed by atoms with Crippen LogP contribution in [0.3, 0.4) is 0 Å². The molecule has 0 aromatic heterocycles. The van der Waals surface area contributed by atoms with Crippen LogP contribution in [0.2, 0.25) is 0 Å². The zero-order valence-corrected chi connectivity index (χ0v) is 24.3. The minimum Gasteiger partial charge on any atom is -0.506 e. The normalized spacial score (nSPS) is 33.9. The van der Waals surface area contributed by atoms with E-state index in [1.165, 1.54) is 0 Å². The summed E-state index contributed by atoms with van der Waals surface area (Å²) in [7, 11) is 0. The first-order valence-corrected chi connectivity index (χ1v) is 14.2. The molecule has 6 aliphatic rings. The predicted molar refractivity (Wildman–Crippen MR) is 150 cm³/mol. The molecule has 212 valence electrons. The quantitative estimate of drug-likeness (QED) is 0.287. The van der Waals surface area contributed by atoms with E-state index >= 15 is 0 Å². The molecule has 4 fully saturated rings. The first-order chi connectivity index (χ1) is 18.7. The van der Waals surface area contributed by atoms with E-state index in [0.717, 1.165) is 11.9 Å². The highest BCUT2D eigenvalue weighted by Crippen LogP contribution is 2.70. The van der Waals surface area contributed by atoms with Crippen LogP contribution in [0.5, 0.6) is 17.2 Å². The highest BCUT2D eigenvalue weighted by Gasteiger charge is 2.83. The molecule has 1 aromatic rings. The summed E-state index contributed by atoms with van der Waals surface area (Å²) in [4.78, 5) is 40.3. The number of hydrogen-bond acceptors (Lipinski definition) is 7. The molecule has 3 aliphatic heterocycles. The zero-order valence-electron chi connectivity index (χ0n) is 24.3. The number of rotatable bonds is 5. The van der Waals surface area contributed by atoms with Crippen molar-refractivity contribution in [1.29, 1.82) is 0 Å². The lowest BCUT2D eigenvalue weighted by Gasteiger charge is -2.60. The largest absolute Gasteiger partial charge is 0.506 e. The number of benzene rings is 1. The van der Waals surface area contributed by atoms with Gasteiger partial charge in [0.05, 0.1) is 17.1 Å². The summed E-state index contributed by atoms with van der Waals surface area (Å²) < 4.78 is 20.3. The number of hydrogen-bond donors (Lipinski definition) is 1. The lowest BCUT2D eigenvalue weighted by Crippen LogP contribution is -2.76. The average molecular weight is 547 g/mol. The number of Topliss-reactive ketones (excluding diaryl/α,β-unsaturated/α-hetero) is 2. The molecule has 7 heteroatoms. The molecule has 0 amide bonds. The Morgan fingerprint density at radius 1 is 1.05 bits per heavy atom. The van der Waals surface area contributed by atoms with Crippen molar-refractivity contribution < 1.29 is 33.7 Å². The minimum absolute atomic E-state index is 0.0647. The van der Waals surface area contributed by atoms with Crippen LogP contribution in [0.25, 0.3) is 6.08 Å². The Morgan fingerprint density at radius 2 is 1.77 bits per heavy atom. The number of phenols is 1. The Morgan fingerprint density at radius 3 is 2.45 bits per heavy atom. The van der Waals surface area contributed by atoms with Crippen LogP contribution in [0.4, 0.5) is 0 Å². The van der Waals surface area contributed by atoms with Gasteiger partial charge in [-0.05, 0) is 85.5 Å². The van der Waals surface area contributed by atoms with Crippen LogP contribution in [0, 0.1) is 17.8 Å². The van der Waals surface area contributed by atoms with E-state index in [9.17, 15) is 19.5 Å². The highest BCUT2D eigenvalue weighted by atomic mass is 16.6. The number of phenolic OH excluding ortho intramolecular Hbond substituents is 1. The molecule has 3 heterocycles. The van der Waals surface area contributed by atoms with Crippen LogP contribution < -0.4 is 9.47 Å². The van der Waals surface area contributed by atoms with Crippen molar-refractivity contribution in [3.63, 3.8) is 0 Å². The van der Waals surface area contributed by atoms with Gasteiger partial charge in [0.2, 0.25) is 0 Å². The highest BCUT2D eigenvalue weighted by molar-refractivity contribution is 6.09. The molecule has 3 saturated carbocycles. The van der Waals surface area contributed by atoms with Gasteiger partial charge in [0.15, 0.2) is 22.8 Å². The smallest absolute Gasteiger partial charge is 0.177 e. The van der Waals surface area contributed by atoms with Crippen molar-refractivity contribution in [3.05, 3.63) is 46.1 Å². The third-order valence-corrected chi connectivity index (χ3v) is 9.73. The van der Waals surface area contributed by atoms with Crippen molar-refractivity contribution in [2.75, 3.05) is 0 Å². The van der Waals surface area contributed by atoms with Crippen molar-refractivity contribution in [3.8, 4) is 17.2 Å². The first kappa shape index (κ1) is 27.0. The monoisotopic (exact) mass is 546 g/mol. The number of aromatic hydroxyl groups is 1. The number of carbonyl (C=O) groups excluding carboxylic acids is 3. The van der Waals surface area contributed by atoms with Crippen molar-refractivity contribution in [2.24, 2.45) is 17.8 Å². The van der Waals surface area contributed by atoms with Crippen LogP contribution in [-0.2, 0) is 20.7 Å². The number of allylic oxidation sites excluding steroid dienone is 3. The molecule has 0 radical (unpaired) electrons. The van der Waals surface area contributed by atoms with E-state index in [-0.39, 0.29) is 46.9 Å². The molecule has 5 atom stereocenters. The van der Waals surface area contributed by atoms with Gasteiger partial charge in [-0.2, -0.15) is 0 Å². The Bertz CT molecular complexity index is 1450. The van der Waals surface area contributed by atoms with Gasteiger partial charge in [0.1, 0.15) is 34.7 Å². The second-order valence-electron chi connectivity index (χ2n) is 13.5. The van der Waals surface area contributed by atoms with Gasteiger partial charge in [-0.3, -0.25) is 14.4 Å². The summed E-state index contributed by atoms with van der Waals surface area (Å²) in [6.07, 6.45) is 9.69. The maximum Gasteiger partial charge on any atom is 0.177 e. The third-order valence-electron chi connectivity index (χ3n) is 9.73. The zero-order chi connectivity index (χ0) is 29.0. The standard InChI is InChI=1S/C33H38O7/c1-17(2)8-9-21-27-20(11-12-30(4,5)38-27)25(35)24-26(36)22-14-19-15-23-31(6,7)40-32(29(19)37,13-10-18(3)16-34)33(22,23)39-28(21)24/h8,10-12,16,19,22-23,35H,9,13-15H2,1-7H3/b18-10+/t19-,22?,23?,32+,33-/m0/s1. The summed E-state index contributed by atoms with van der Waals surface area (Å²) in [6, 6.07) is 0. The number of carbonyl (C=O) groups is 3. The fourth-order valence-corrected chi connectivity index (χ4v) is 7.98. The van der Waals surface area contributed by atoms with Crippen LogP contribution >= 0.6 is 0 Å². The second kappa shape index (κ2) is 8.41. The summed E-state index contributed by atoms with van der Waals surface area (Å²) >= 11 is 0. The topological polar surface area (TPSA) is 99.1 Å². The third kappa shape index (κ3) is 3.36. The van der Waals surface area contributed by atoms with Crippen LogP contribution in [0.15, 0.2) is 29.4 Å². The summed E-state index contributed by atoms with van der Waals surface area (Å²) in [6.45, 7) is 13.5. The van der Waals surface area contributed by atoms with Gasteiger partial charge in [0, 0.05) is 23.8 Å². The van der Waals surface area contributed by atoms with Gasteiger partial charge in [0.25, 0.3) is 0 Å². The van der Waals surface area contributed by atoms with Crippen LogP contribution in [0.1, 0.15) is 89.2 Å². The maximum absolute atomic E-state index is 14.6. The van der Waals surface area contributed by atoms with Gasteiger partial charge in [-0.1, -0.05) is 17.7 Å². The average Bonchev–Trinajstić information content (AvgIpc) is 3.03. The summed E-state index contributed by atoms with van der Waals surface area (Å²) in [5.41, 5.74) is -1.20. The SMILES string of the molecule is CC(C)=CCc1c2c(c(O)c3c1O[C@@]14C(C[C@H]5CC1C(C)(C)O[C@]4(C/C=C(\C)C=O)C5=O)C3=O)C=CC(C)(C)O2. The predicted octanol–water partition coefficient (Wildman–Crippen LogP) is 5.71. The molecular formula is C33H38O7. The molecular weight excluding hydrogens is 508 g/mol. The van der Waals surface area contributed by atoms with Crippen molar-refractivity contribution in [2.45, 2.75) is 96.6 Å². The number of ketones is 2. The molecule has 2 unspecified atom stereocenters. The number of fused-ring (bicyclic) bond motifs is 2. The van der Waals surface area contributed by atoms with Gasteiger partial charge < -0.3 is 19.3 Å². The van der Waals surface area contributed by atoms with E-state index in [0.29, 0.717) is 41.7 Å². The maximum atomic E-state index is 14.6. The fourth-order valence-electron chi connectivity index (χ4n) is 7.98. The van der Waals surface area contributed by atoms with Crippen molar-refractivity contribution >= 4 is 23.9 Å². The lowest BCUT2D eigenvalue weighted by atomic mass is 9.46. The molecule has 1 saturated heterocycles. The Balaban J connectivity index is 1.65. The van der Waals surface area contributed by atoms with E-state index in [1.807, 2.05) is 59.8 Å². The van der Waals surface area contributed by atoms with E-state index < -0.39 is 28.3 Å². The van der Waals surface area contributed by atoms with Gasteiger partial charge >= 0.3 is 0 Å². The molecule has 7 nitrogen and oxygen atoms in total. The minimum atomic E-state index is -1.43. The number of ether oxygens (including phenoxy) is 3. The van der Waals surface area contributed by atoms with Crippen molar-refractivity contribution in [1.82, 2.24) is 0 Å². The Kier molecular flexibility index (Phi) is 5.68. The summed E-state index contributed by atoms with van der Waals surface area (Å²) in [5.74, 6) is -0.935. The Labute approximate surface area is 235 Å². The van der Waals surface area contributed by atoms with E-state index in [1.54, 1.807) is 13.0 Å². The second-order valence-corrected chi connectivity index (χ2v) is 13.5. The number of aldehydes is 1. The molecule has 40 heavy (non-hydrogen) atoms. The molecule has 1 spiro atoms. The van der Waals surface area contributed by atoms with E-state index in [4.69, 9.17) is 14.2 Å². The van der Waals surface area contributed by atoms with E-state index in [2.05, 4.69) is 0 Å². The lowest BCUT2D eigenvalue weighted by molar-refractivity contribution is -0.199. The molecule has 1 N–H and O–H groups in total. The van der Waals surface area contributed by atoms with Gasteiger partial charge in [-0.15, -0.1) is 0 Å².